The van der Waals surface area contributed by atoms with Gasteiger partial charge in [0.05, 0.1) is 23.4 Å². The van der Waals surface area contributed by atoms with Crippen LogP contribution in [0.2, 0.25) is 0 Å². The summed E-state index contributed by atoms with van der Waals surface area (Å²) in [4.78, 5) is 40.9. The molecule has 32 heavy (non-hydrogen) atoms. The molecule has 1 aromatic heterocycles. The molecule has 3 rings (SSSR count). The number of benzene rings is 2. The van der Waals surface area contributed by atoms with Crippen molar-refractivity contribution in [2.24, 2.45) is 0 Å². The third-order valence-corrected chi connectivity index (χ3v) is 4.93. The number of pyridine rings is 1. The van der Waals surface area contributed by atoms with Crippen LogP contribution in [0.3, 0.4) is 0 Å². The van der Waals surface area contributed by atoms with Gasteiger partial charge in [0.1, 0.15) is 12.4 Å². The Bertz CT molecular complexity index is 1140. The van der Waals surface area contributed by atoms with Crippen molar-refractivity contribution in [2.45, 2.75) is 33.8 Å². The lowest BCUT2D eigenvalue weighted by Gasteiger charge is -2.14. The number of fused-ring (bicyclic) bond motifs is 1. The van der Waals surface area contributed by atoms with Gasteiger partial charge in [0.15, 0.2) is 12.4 Å². The molecule has 0 N–H and O–H groups in total. The number of carbonyl (C=O) groups excluding carboxylic acids is 3. The van der Waals surface area contributed by atoms with E-state index in [0.717, 1.165) is 10.9 Å². The summed E-state index contributed by atoms with van der Waals surface area (Å²) in [5.74, 6) is -0.638. The minimum absolute atomic E-state index is 0.0338. The van der Waals surface area contributed by atoms with Gasteiger partial charge in [-0.05, 0) is 49.7 Å². The van der Waals surface area contributed by atoms with E-state index in [0.29, 0.717) is 34.5 Å². The third-order valence-electron chi connectivity index (χ3n) is 4.93. The molecule has 0 aliphatic carbocycles. The van der Waals surface area contributed by atoms with Crippen LogP contribution in [0.1, 0.15) is 52.2 Å². The van der Waals surface area contributed by atoms with Crippen molar-refractivity contribution in [2.75, 3.05) is 13.2 Å². The molecule has 1 heterocycles. The smallest absolute Gasteiger partial charge is 0.344 e. The summed E-state index contributed by atoms with van der Waals surface area (Å²) >= 11 is 0. The highest BCUT2D eigenvalue weighted by Crippen LogP contribution is 2.24. The van der Waals surface area contributed by atoms with Gasteiger partial charge in [-0.3, -0.25) is 4.79 Å². The van der Waals surface area contributed by atoms with Gasteiger partial charge in [-0.2, -0.15) is 0 Å². The number of nitrogens with zero attached hydrogens (tertiary/aromatic N) is 1. The molecular weight excluding hydrogens is 410 g/mol. The van der Waals surface area contributed by atoms with Gasteiger partial charge in [-0.15, -0.1) is 0 Å². The van der Waals surface area contributed by atoms with Crippen molar-refractivity contribution >= 4 is 28.6 Å². The molecule has 0 atom stereocenters. The Morgan fingerprint density at radius 3 is 2.34 bits per heavy atom. The number of Topliss-reactive ketones (excluding diaryl/α,β-unsaturated/α-hetero) is 1. The highest BCUT2D eigenvalue weighted by Gasteiger charge is 2.21. The number of aromatic nitrogens is 1. The molecule has 7 heteroatoms. The van der Waals surface area contributed by atoms with E-state index in [1.807, 2.05) is 31.2 Å². The van der Waals surface area contributed by atoms with E-state index in [1.54, 1.807) is 38.1 Å². The molecule has 0 amide bonds. The molecule has 0 fully saturated rings. The zero-order valence-corrected chi connectivity index (χ0v) is 18.3. The Hall–Kier alpha value is -3.74. The molecule has 0 radical (unpaired) electrons. The van der Waals surface area contributed by atoms with Gasteiger partial charge in [0.2, 0.25) is 0 Å². The first-order chi connectivity index (χ1) is 15.4. The molecule has 0 bridgehead atoms. The fourth-order valence-corrected chi connectivity index (χ4v) is 3.29. The van der Waals surface area contributed by atoms with Gasteiger partial charge in [-0.1, -0.05) is 25.1 Å². The molecule has 7 nitrogen and oxygen atoms in total. The van der Waals surface area contributed by atoms with Gasteiger partial charge in [0.25, 0.3) is 0 Å². The number of hydrogen-bond acceptors (Lipinski definition) is 7. The van der Waals surface area contributed by atoms with Crippen LogP contribution in [0.15, 0.2) is 48.5 Å². The summed E-state index contributed by atoms with van der Waals surface area (Å²) in [7, 11) is 0. The van der Waals surface area contributed by atoms with Crippen molar-refractivity contribution in [3.8, 4) is 5.75 Å². The SMILES string of the molecule is CCOC(=O)c1c(COC(=O)COc2ccc(C(=O)CC)cc2)nc2ccccc2c1C. The fourth-order valence-electron chi connectivity index (χ4n) is 3.29. The first kappa shape index (κ1) is 22.9. The highest BCUT2D eigenvalue weighted by atomic mass is 16.6. The Morgan fingerprint density at radius 2 is 1.66 bits per heavy atom. The standard InChI is InChI=1S/C25H25NO6/c1-4-22(27)17-10-12-18(13-11-17)31-15-23(28)32-14-21-24(25(29)30-5-2)16(3)19-8-6-7-9-20(19)26-21/h6-13H,4-5,14-15H2,1-3H3. The summed E-state index contributed by atoms with van der Waals surface area (Å²) in [6.45, 7) is 5.05. The zero-order valence-electron chi connectivity index (χ0n) is 18.3. The number of aryl methyl sites for hydroxylation is 1. The predicted octanol–water partition coefficient (Wildman–Crippen LogP) is 4.43. The number of ether oxygens (including phenoxy) is 3. The van der Waals surface area contributed by atoms with E-state index >= 15 is 0 Å². The lowest BCUT2D eigenvalue weighted by Crippen LogP contribution is -2.18. The Labute approximate surface area is 186 Å². The predicted molar refractivity (Wildman–Crippen MR) is 119 cm³/mol. The normalized spacial score (nSPS) is 10.6. The van der Waals surface area contributed by atoms with Gasteiger partial charge < -0.3 is 14.2 Å². The van der Waals surface area contributed by atoms with E-state index in [4.69, 9.17) is 14.2 Å². The molecule has 0 unspecified atom stereocenters. The lowest BCUT2D eigenvalue weighted by molar-refractivity contribution is -0.147. The quantitative estimate of drug-likeness (QED) is 0.362. The van der Waals surface area contributed by atoms with Gasteiger partial charge >= 0.3 is 11.9 Å². The topological polar surface area (TPSA) is 91.8 Å². The summed E-state index contributed by atoms with van der Waals surface area (Å²) in [6, 6.07) is 14.0. The molecule has 0 saturated carbocycles. The van der Waals surface area contributed by atoms with Crippen LogP contribution in [-0.4, -0.2) is 35.9 Å². The van der Waals surface area contributed by atoms with E-state index in [9.17, 15) is 14.4 Å². The maximum Gasteiger partial charge on any atom is 0.344 e. The second-order valence-electron chi connectivity index (χ2n) is 7.05. The molecular formula is C25H25NO6. The van der Waals surface area contributed by atoms with Crippen LogP contribution >= 0.6 is 0 Å². The third kappa shape index (κ3) is 5.29. The number of hydrogen-bond donors (Lipinski definition) is 0. The van der Waals surface area contributed by atoms with Crippen molar-refractivity contribution in [3.63, 3.8) is 0 Å². The minimum atomic E-state index is -0.610. The van der Waals surface area contributed by atoms with Crippen LogP contribution < -0.4 is 4.74 Å². The van der Waals surface area contributed by atoms with E-state index < -0.39 is 11.9 Å². The number of carbonyl (C=O) groups is 3. The van der Waals surface area contributed by atoms with Crippen LogP contribution in [0.4, 0.5) is 0 Å². The Balaban J connectivity index is 1.69. The summed E-state index contributed by atoms with van der Waals surface area (Å²) < 4.78 is 15.9. The van der Waals surface area contributed by atoms with Crippen LogP contribution in [-0.2, 0) is 20.9 Å². The number of esters is 2. The Kier molecular flexibility index (Phi) is 7.54. The number of para-hydroxylation sites is 1. The van der Waals surface area contributed by atoms with Gasteiger partial charge in [-0.25, -0.2) is 14.6 Å². The molecule has 0 spiro atoms. The second-order valence-corrected chi connectivity index (χ2v) is 7.05. The summed E-state index contributed by atoms with van der Waals surface area (Å²) in [5.41, 5.74) is 2.64. The van der Waals surface area contributed by atoms with Crippen molar-refractivity contribution in [1.29, 1.82) is 0 Å². The zero-order chi connectivity index (χ0) is 23.1. The second kappa shape index (κ2) is 10.5. The largest absolute Gasteiger partial charge is 0.482 e. The van der Waals surface area contributed by atoms with Crippen molar-refractivity contribution in [3.05, 3.63) is 70.9 Å². The van der Waals surface area contributed by atoms with E-state index in [-0.39, 0.29) is 25.6 Å². The van der Waals surface area contributed by atoms with Crippen LogP contribution in [0, 0.1) is 6.92 Å². The molecule has 0 saturated heterocycles. The molecule has 2 aromatic carbocycles. The lowest BCUT2D eigenvalue weighted by atomic mass is 10.0. The van der Waals surface area contributed by atoms with E-state index in [1.165, 1.54) is 0 Å². The molecule has 166 valence electrons. The monoisotopic (exact) mass is 435 g/mol. The highest BCUT2D eigenvalue weighted by molar-refractivity contribution is 5.98. The van der Waals surface area contributed by atoms with Crippen LogP contribution in [0.25, 0.3) is 10.9 Å². The average Bonchev–Trinajstić information content (AvgIpc) is 2.81. The maximum absolute atomic E-state index is 12.5. The summed E-state index contributed by atoms with van der Waals surface area (Å²) in [6.07, 6.45) is 0.419. The average molecular weight is 435 g/mol. The maximum atomic E-state index is 12.5. The Morgan fingerprint density at radius 1 is 0.938 bits per heavy atom. The first-order valence-corrected chi connectivity index (χ1v) is 10.4. The molecule has 0 aliphatic rings. The molecule has 0 aliphatic heterocycles. The van der Waals surface area contributed by atoms with Gasteiger partial charge in [0, 0.05) is 17.4 Å². The minimum Gasteiger partial charge on any atom is -0.482 e. The molecule has 3 aromatic rings. The number of rotatable bonds is 9. The summed E-state index contributed by atoms with van der Waals surface area (Å²) in [5, 5.41) is 0.832. The van der Waals surface area contributed by atoms with Crippen molar-refractivity contribution in [1.82, 2.24) is 4.98 Å². The van der Waals surface area contributed by atoms with E-state index in [2.05, 4.69) is 4.98 Å². The fraction of sp³-hybridized carbons (Fsp3) is 0.280. The van der Waals surface area contributed by atoms with Crippen molar-refractivity contribution < 1.29 is 28.6 Å². The van der Waals surface area contributed by atoms with Crippen LogP contribution in [0.5, 0.6) is 5.75 Å². The first-order valence-electron chi connectivity index (χ1n) is 10.4. The number of ketones is 1.